The third kappa shape index (κ3) is 2.75. The van der Waals surface area contributed by atoms with Crippen molar-refractivity contribution in [3.05, 3.63) is 18.0 Å². The number of hydrogen-bond donors (Lipinski definition) is 1. The van der Waals surface area contributed by atoms with Crippen molar-refractivity contribution in [2.45, 2.75) is 33.7 Å². The SMILES string of the molecule is CC(C)(C)C1CCN(c2nccc(CN)n2)C1. The quantitative estimate of drug-likeness (QED) is 0.848. The van der Waals surface area contributed by atoms with E-state index < -0.39 is 0 Å². The Morgan fingerprint density at radius 1 is 1.47 bits per heavy atom. The Labute approximate surface area is 103 Å². The van der Waals surface area contributed by atoms with Crippen LogP contribution in [-0.4, -0.2) is 23.1 Å². The first-order valence-corrected chi connectivity index (χ1v) is 6.27. The lowest BCUT2D eigenvalue weighted by Crippen LogP contribution is -2.27. The van der Waals surface area contributed by atoms with E-state index in [9.17, 15) is 0 Å². The number of hydrogen-bond acceptors (Lipinski definition) is 4. The Hall–Kier alpha value is -1.16. The minimum Gasteiger partial charge on any atom is -0.341 e. The molecule has 17 heavy (non-hydrogen) atoms. The van der Waals surface area contributed by atoms with Gasteiger partial charge in [0, 0.05) is 25.8 Å². The summed E-state index contributed by atoms with van der Waals surface area (Å²) < 4.78 is 0. The second kappa shape index (κ2) is 4.61. The van der Waals surface area contributed by atoms with Gasteiger partial charge in [0.05, 0.1) is 5.69 Å². The van der Waals surface area contributed by atoms with Crippen molar-refractivity contribution in [2.24, 2.45) is 17.1 Å². The summed E-state index contributed by atoms with van der Waals surface area (Å²) in [5.74, 6) is 1.55. The highest BCUT2D eigenvalue weighted by Gasteiger charge is 2.32. The summed E-state index contributed by atoms with van der Waals surface area (Å²) in [7, 11) is 0. The van der Waals surface area contributed by atoms with E-state index in [2.05, 4.69) is 35.6 Å². The van der Waals surface area contributed by atoms with Gasteiger partial charge in [0.25, 0.3) is 0 Å². The van der Waals surface area contributed by atoms with Crippen LogP contribution in [0.4, 0.5) is 5.95 Å². The average molecular weight is 234 g/mol. The van der Waals surface area contributed by atoms with Crippen molar-refractivity contribution >= 4 is 5.95 Å². The molecule has 0 saturated carbocycles. The second-order valence-corrected chi connectivity index (χ2v) is 5.85. The fraction of sp³-hybridized carbons (Fsp3) is 0.692. The van der Waals surface area contributed by atoms with Crippen LogP contribution in [0, 0.1) is 11.3 Å². The minimum atomic E-state index is 0.361. The first-order valence-electron chi connectivity index (χ1n) is 6.27. The van der Waals surface area contributed by atoms with Gasteiger partial charge in [-0.3, -0.25) is 0 Å². The fourth-order valence-electron chi connectivity index (χ4n) is 2.30. The summed E-state index contributed by atoms with van der Waals surface area (Å²) in [6.45, 7) is 9.49. The van der Waals surface area contributed by atoms with Crippen LogP contribution in [0.25, 0.3) is 0 Å². The summed E-state index contributed by atoms with van der Waals surface area (Å²) in [5.41, 5.74) is 6.88. The van der Waals surface area contributed by atoms with Crippen molar-refractivity contribution < 1.29 is 0 Å². The van der Waals surface area contributed by atoms with Crippen molar-refractivity contribution in [2.75, 3.05) is 18.0 Å². The maximum atomic E-state index is 5.61. The predicted octanol–water partition coefficient (Wildman–Crippen LogP) is 1.81. The van der Waals surface area contributed by atoms with Gasteiger partial charge in [0.15, 0.2) is 0 Å². The molecule has 0 spiro atoms. The molecule has 0 amide bonds. The first kappa shape index (κ1) is 12.3. The molecule has 1 atom stereocenters. The first-order chi connectivity index (χ1) is 8.00. The lowest BCUT2D eigenvalue weighted by Gasteiger charge is -2.26. The molecule has 2 heterocycles. The summed E-state index contributed by atoms with van der Waals surface area (Å²) in [5, 5.41) is 0. The van der Waals surface area contributed by atoms with Crippen molar-refractivity contribution in [3.8, 4) is 0 Å². The van der Waals surface area contributed by atoms with E-state index in [0.717, 1.165) is 24.7 Å². The maximum absolute atomic E-state index is 5.61. The molecule has 0 aliphatic carbocycles. The molecule has 4 nitrogen and oxygen atoms in total. The van der Waals surface area contributed by atoms with Gasteiger partial charge in [-0.25, -0.2) is 9.97 Å². The van der Waals surface area contributed by atoms with Crippen LogP contribution < -0.4 is 10.6 Å². The smallest absolute Gasteiger partial charge is 0.225 e. The van der Waals surface area contributed by atoms with E-state index in [1.165, 1.54) is 6.42 Å². The lowest BCUT2D eigenvalue weighted by molar-refractivity contribution is 0.263. The van der Waals surface area contributed by atoms with Gasteiger partial charge in [-0.05, 0) is 23.8 Å². The molecule has 0 aromatic carbocycles. The zero-order chi connectivity index (χ0) is 12.5. The Morgan fingerprint density at radius 2 is 2.24 bits per heavy atom. The normalized spacial score (nSPS) is 20.9. The number of anilines is 1. The highest BCUT2D eigenvalue weighted by Crippen LogP contribution is 2.34. The van der Waals surface area contributed by atoms with Gasteiger partial charge in [-0.1, -0.05) is 20.8 Å². The zero-order valence-electron chi connectivity index (χ0n) is 11.0. The number of rotatable bonds is 2. The van der Waals surface area contributed by atoms with E-state index in [4.69, 9.17) is 5.73 Å². The van der Waals surface area contributed by atoms with E-state index in [0.29, 0.717) is 17.9 Å². The molecule has 1 unspecified atom stereocenters. The van der Waals surface area contributed by atoms with Crippen molar-refractivity contribution in [1.29, 1.82) is 0 Å². The topological polar surface area (TPSA) is 55.0 Å². The lowest BCUT2D eigenvalue weighted by atomic mass is 9.80. The third-order valence-corrected chi connectivity index (χ3v) is 3.61. The van der Waals surface area contributed by atoms with Crippen LogP contribution >= 0.6 is 0 Å². The van der Waals surface area contributed by atoms with Crippen LogP contribution in [-0.2, 0) is 6.54 Å². The molecule has 1 aliphatic rings. The van der Waals surface area contributed by atoms with Crippen LogP contribution in [0.15, 0.2) is 12.3 Å². The van der Waals surface area contributed by atoms with Gasteiger partial charge in [0.1, 0.15) is 0 Å². The molecule has 1 aliphatic heterocycles. The van der Waals surface area contributed by atoms with Gasteiger partial charge >= 0.3 is 0 Å². The standard InChI is InChI=1S/C13H22N4/c1-13(2,3)10-5-7-17(9-10)12-15-6-4-11(8-14)16-12/h4,6,10H,5,7-9,14H2,1-3H3. The summed E-state index contributed by atoms with van der Waals surface area (Å²) >= 11 is 0. The molecule has 0 bridgehead atoms. The molecule has 1 aromatic rings. The Kier molecular flexibility index (Phi) is 3.33. The molecular formula is C13H22N4. The van der Waals surface area contributed by atoms with Crippen molar-refractivity contribution in [1.82, 2.24) is 9.97 Å². The van der Waals surface area contributed by atoms with Gasteiger partial charge in [-0.15, -0.1) is 0 Å². The number of nitrogens with two attached hydrogens (primary N) is 1. The molecule has 94 valence electrons. The monoisotopic (exact) mass is 234 g/mol. The van der Waals surface area contributed by atoms with Gasteiger partial charge in [0.2, 0.25) is 5.95 Å². The summed E-state index contributed by atoms with van der Waals surface area (Å²) in [6, 6.07) is 1.88. The fourth-order valence-corrected chi connectivity index (χ4v) is 2.30. The van der Waals surface area contributed by atoms with Crippen LogP contribution in [0.3, 0.4) is 0 Å². The molecule has 2 N–H and O–H groups in total. The molecule has 1 saturated heterocycles. The Bertz CT molecular complexity index is 383. The van der Waals surface area contributed by atoms with E-state index in [-0.39, 0.29) is 0 Å². The largest absolute Gasteiger partial charge is 0.341 e. The zero-order valence-corrected chi connectivity index (χ0v) is 11.0. The van der Waals surface area contributed by atoms with E-state index in [1.54, 1.807) is 6.20 Å². The van der Waals surface area contributed by atoms with Gasteiger partial charge in [-0.2, -0.15) is 0 Å². The second-order valence-electron chi connectivity index (χ2n) is 5.85. The van der Waals surface area contributed by atoms with Crippen LogP contribution in [0.5, 0.6) is 0 Å². The maximum Gasteiger partial charge on any atom is 0.225 e. The average Bonchev–Trinajstić information content (AvgIpc) is 2.78. The van der Waals surface area contributed by atoms with Crippen molar-refractivity contribution in [3.63, 3.8) is 0 Å². The highest BCUT2D eigenvalue weighted by molar-refractivity contribution is 5.32. The highest BCUT2D eigenvalue weighted by atomic mass is 15.3. The Balaban J connectivity index is 2.09. The molecule has 2 rings (SSSR count). The van der Waals surface area contributed by atoms with E-state index in [1.807, 2.05) is 6.07 Å². The molecular weight excluding hydrogens is 212 g/mol. The molecule has 1 fully saturated rings. The molecule has 0 radical (unpaired) electrons. The van der Waals surface area contributed by atoms with E-state index >= 15 is 0 Å². The summed E-state index contributed by atoms with van der Waals surface area (Å²) in [6.07, 6.45) is 3.02. The van der Waals surface area contributed by atoms with Crippen LogP contribution in [0.1, 0.15) is 32.9 Å². The minimum absolute atomic E-state index is 0.361. The predicted molar refractivity (Wildman–Crippen MR) is 69.7 cm³/mol. The van der Waals surface area contributed by atoms with Crippen LogP contribution in [0.2, 0.25) is 0 Å². The number of nitrogens with zero attached hydrogens (tertiary/aromatic N) is 3. The molecule has 1 aromatic heterocycles. The number of aromatic nitrogens is 2. The third-order valence-electron chi connectivity index (χ3n) is 3.61. The Morgan fingerprint density at radius 3 is 2.82 bits per heavy atom. The summed E-state index contributed by atoms with van der Waals surface area (Å²) in [4.78, 5) is 11.1. The molecule has 4 heteroatoms. The van der Waals surface area contributed by atoms with Gasteiger partial charge < -0.3 is 10.6 Å².